The molecule has 1 saturated carbocycles. The van der Waals surface area contributed by atoms with Gasteiger partial charge < -0.3 is 10.8 Å². The highest BCUT2D eigenvalue weighted by atomic mass is 32.2. The lowest BCUT2D eigenvalue weighted by molar-refractivity contribution is -0.138. The first-order chi connectivity index (χ1) is 10.3. The maximum absolute atomic E-state index is 12.8. The van der Waals surface area contributed by atoms with E-state index in [1.54, 1.807) is 0 Å². The van der Waals surface area contributed by atoms with Crippen LogP contribution in [0.4, 0.5) is 0 Å². The first-order valence-electron chi connectivity index (χ1n) is 7.52. The molecule has 22 heavy (non-hydrogen) atoms. The second-order valence-electron chi connectivity index (χ2n) is 6.56. The van der Waals surface area contributed by atoms with E-state index in [1.807, 2.05) is 30.3 Å². The molecular formula is C16H21NO4S. The molecule has 3 rings (SSSR count). The highest BCUT2D eigenvalue weighted by Crippen LogP contribution is 2.49. The summed E-state index contributed by atoms with van der Waals surface area (Å²) in [5.74, 6) is -0.968. The zero-order valence-corrected chi connectivity index (χ0v) is 13.3. The van der Waals surface area contributed by atoms with E-state index in [9.17, 15) is 18.3 Å². The van der Waals surface area contributed by atoms with Gasteiger partial charge in [-0.3, -0.25) is 4.79 Å². The van der Waals surface area contributed by atoms with Gasteiger partial charge in [-0.2, -0.15) is 0 Å². The maximum Gasteiger partial charge on any atom is 0.161 e. The molecule has 5 atom stereocenters. The monoisotopic (exact) mass is 323 g/mol. The van der Waals surface area contributed by atoms with E-state index in [-0.39, 0.29) is 12.2 Å². The Bertz CT molecular complexity index is 687. The van der Waals surface area contributed by atoms with E-state index in [1.165, 1.54) is 6.92 Å². The Morgan fingerprint density at radius 2 is 2.00 bits per heavy atom. The fraction of sp³-hybridized carbons (Fsp3) is 0.562. The molecule has 1 aromatic rings. The van der Waals surface area contributed by atoms with Crippen molar-refractivity contribution in [3.8, 4) is 0 Å². The molecule has 1 saturated heterocycles. The molecule has 2 fully saturated rings. The number of fused-ring (bicyclic) bond motifs is 1. The summed E-state index contributed by atoms with van der Waals surface area (Å²) in [5, 5.41) is 9.24. The molecule has 0 spiro atoms. The van der Waals surface area contributed by atoms with Crippen LogP contribution in [0.15, 0.2) is 30.3 Å². The van der Waals surface area contributed by atoms with Crippen LogP contribution < -0.4 is 5.73 Å². The second kappa shape index (κ2) is 5.15. The largest absolute Gasteiger partial charge is 0.382 e. The normalized spacial score (nSPS) is 39.6. The zero-order chi connectivity index (χ0) is 16.1. The van der Waals surface area contributed by atoms with Gasteiger partial charge in [0.15, 0.2) is 15.6 Å². The number of carbonyl (C=O) groups is 1. The van der Waals surface area contributed by atoms with Crippen LogP contribution in [0.25, 0.3) is 0 Å². The van der Waals surface area contributed by atoms with Gasteiger partial charge in [0.2, 0.25) is 0 Å². The Kier molecular flexibility index (Phi) is 3.66. The highest BCUT2D eigenvalue weighted by molar-refractivity contribution is 7.93. The molecule has 6 heteroatoms. The number of hydrogen-bond acceptors (Lipinski definition) is 5. The molecular weight excluding hydrogens is 302 g/mol. The smallest absolute Gasteiger partial charge is 0.161 e. The minimum atomic E-state index is -3.45. The molecule has 0 amide bonds. The maximum atomic E-state index is 12.8. The van der Waals surface area contributed by atoms with Crippen LogP contribution in [0.2, 0.25) is 0 Å². The van der Waals surface area contributed by atoms with E-state index in [2.05, 4.69) is 0 Å². The molecule has 1 aromatic carbocycles. The van der Waals surface area contributed by atoms with Crippen LogP contribution in [0.3, 0.4) is 0 Å². The summed E-state index contributed by atoms with van der Waals surface area (Å²) < 4.78 is 25.6. The topological polar surface area (TPSA) is 97.5 Å². The highest BCUT2D eigenvalue weighted by Gasteiger charge is 2.64. The molecule has 0 bridgehead atoms. The van der Waals surface area contributed by atoms with Crippen molar-refractivity contribution in [3.05, 3.63) is 35.9 Å². The Balaban J connectivity index is 1.93. The number of sulfone groups is 1. The predicted octanol–water partition coefficient (Wildman–Crippen LogP) is 0.452. The first-order valence-corrected chi connectivity index (χ1v) is 9.13. The molecule has 0 aromatic heterocycles. The summed E-state index contributed by atoms with van der Waals surface area (Å²) in [7, 11) is -3.45. The molecule has 120 valence electrons. The number of benzene rings is 1. The molecule has 1 unspecified atom stereocenters. The van der Waals surface area contributed by atoms with Crippen LogP contribution in [-0.4, -0.2) is 41.5 Å². The Morgan fingerprint density at radius 3 is 2.59 bits per heavy atom. The Hall–Kier alpha value is -1.24. The van der Waals surface area contributed by atoms with Gasteiger partial charge in [0, 0.05) is 12.0 Å². The van der Waals surface area contributed by atoms with Crippen molar-refractivity contribution in [1.29, 1.82) is 0 Å². The van der Waals surface area contributed by atoms with Crippen LogP contribution in [0.1, 0.15) is 25.3 Å². The van der Waals surface area contributed by atoms with Crippen molar-refractivity contribution in [2.45, 2.75) is 48.3 Å². The minimum absolute atomic E-state index is 0.0367. The molecule has 1 aliphatic heterocycles. The third-order valence-electron chi connectivity index (χ3n) is 5.26. The average molecular weight is 323 g/mol. The lowest BCUT2D eigenvalue weighted by Crippen LogP contribution is -2.42. The number of ketones is 1. The van der Waals surface area contributed by atoms with Crippen molar-refractivity contribution in [3.63, 3.8) is 0 Å². The van der Waals surface area contributed by atoms with Gasteiger partial charge in [-0.25, -0.2) is 8.42 Å². The number of Topliss-reactive ketones (excluding diaryl/α,β-unsaturated/α-hetero) is 1. The molecule has 1 heterocycles. The lowest BCUT2D eigenvalue weighted by Gasteiger charge is -2.25. The quantitative estimate of drug-likeness (QED) is 0.842. The van der Waals surface area contributed by atoms with E-state index < -0.39 is 37.9 Å². The lowest BCUT2D eigenvalue weighted by atomic mass is 9.83. The summed E-state index contributed by atoms with van der Waals surface area (Å²) in [6.07, 6.45) is 0.734. The number of rotatable bonds is 3. The second-order valence-corrected chi connectivity index (χ2v) is 8.95. The van der Waals surface area contributed by atoms with Crippen molar-refractivity contribution >= 4 is 15.6 Å². The molecule has 0 radical (unpaired) electrons. The zero-order valence-electron chi connectivity index (χ0n) is 12.5. The van der Waals surface area contributed by atoms with Crippen molar-refractivity contribution in [2.24, 2.45) is 11.7 Å². The first kappa shape index (κ1) is 15.6. The Labute approximate surface area is 130 Å². The summed E-state index contributed by atoms with van der Waals surface area (Å²) in [6, 6.07) is 8.72. The van der Waals surface area contributed by atoms with Crippen molar-refractivity contribution < 1.29 is 18.3 Å². The summed E-state index contributed by atoms with van der Waals surface area (Å²) in [4.78, 5) is 11.8. The molecule has 2 aliphatic rings. The summed E-state index contributed by atoms with van der Waals surface area (Å²) in [6.45, 7) is 1.31. The van der Waals surface area contributed by atoms with Crippen LogP contribution in [-0.2, 0) is 21.1 Å². The van der Waals surface area contributed by atoms with Crippen molar-refractivity contribution in [1.82, 2.24) is 0 Å². The number of nitrogens with two attached hydrogens (primary N) is 1. The van der Waals surface area contributed by atoms with Crippen molar-refractivity contribution in [2.75, 3.05) is 0 Å². The summed E-state index contributed by atoms with van der Waals surface area (Å²) >= 11 is 0. The van der Waals surface area contributed by atoms with Gasteiger partial charge in [-0.15, -0.1) is 0 Å². The number of aliphatic hydroxyl groups is 1. The van der Waals surface area contributed by atoms with Gasteiger partial charge in [-0.1, -0.05) is 30.3 Å². The van der Waals surface area contributed by atoms with Gasteiger partial charge in [0.25, 0.3) is 0 Å². The SMILES string of the molecule is CC(=O)[C@@]1(O)CC(N)[C@H]2[C@H]1C[C@H](Cc1ccccc1)S2(=O)=O. The van der Waals surface area contributed by atoms with E-state index in [0.29, 0.717) is 12.8 Å². The van der Waals surface area contributed by atoms with E-state index in [0.717, 1.165) is 5.56 Å². The molecule has 3 N–H and O–H groups in total. The van der Waals surface area contributed by atoms with Gasteiger partial charge in [-0.05, 0) is 31.7 Å². The molecule has 1 aliphatic carbocycles. The summed E-state index contributed by atoms with van der Waals surface area (Å²) in [5.41, 5.74) is 5.32. The minimum Gasteiger partial charge on any atom is -0.382 e. The Morgan fingerprint density at radius 1 is 1.36 bits per heavy atom. The fourth-order valence-corrected chi connectivity index (χ4v) is 6.84. The van der Waals surface area contributed by atoms with Crippen LogP contribution in [0.5, 0.6) is 0 Å². The molecule has 5 nitrogen and oxygen atoms in total. The van der Waals surface area contributed by atoms with E-state index >= 15 is 0 Å². The third kappa shape index (κ3) is 2.21. The average Bonchev–Trinajstić information content (AvgIpc) is 2.86. The van der Waals surface area contributed by atoms with Crippen LogP contribution in [0, 0.1) is 5.92 Å². The van der Waals surface area contributed by atoms with E-state index in [4.69, 9.17) is 5.73 Å². The van der Waals surface area contributed by atoms with Gasteiger partial charge in [0.1, 0.15) is 5.60 Å². The van der Waals surface area contributed by atoms with Gasteiger partial charge in [0.05, 0.1) is 10.5 Å². The van der Waals surface area contributed by atoms with Gasteiger partial charge >= 0.3 is 0 Å². The predicted molar refractivity (Wildman–Crippen MR) is 83.0 cm³/mol. The standard InChI is InChI=1S/C16H21NO4S/c1-10(18)16(19)9-14(17)15-13(16)8-12(22(15,20)21)7-11-5-3-2-4-6-11/h2-6,12-15,19H,7-9,17H2,1H3/t12-,13+,14?,15+,16-/m0/s1. The number of hydrogen-bond donors (Lipinski definition) is 2. The number of carbonyl (C=O) groups excluding carboxylic acids is 1. The third-order valence-corrected chi connectivity index (χ3v) is 7.98. The van der Waals surface area contributed by atoms with Crippen LogP contribution >= 0.6 is 0 Å². The fourth-order valence-electron chi connectivity index (χ4n) is 4.12.